The summed E-state index contributed by atoms with van der Waals surface area (Å²) in [5.74, 6) is 2.74. The Balaban J connectivity index is 2.90. The van der Waals surface area contributed by atoms with Crippen molar-refractivity contribution in [2.45, 2.75) is 40.5 Å². The summed E-state index contributed by atoms with van der Waals surface area (Å²) in [5.41, 5.74) is 5.79. The van der Waals surface area contributed by atoms with Gasteiger partial charge in [-0.1, -0.05) is 26.7 Å². The van der Waals surface area contributed by atoms with Gasteiger partial charge in [0.15, 0.2) is 0 Å². The normalized spacial score (nSPS) is 10.8. The Morgan fingerprint density at radius 3 is 2.42 bits per heavy atom. The fourth-order valence-electron chi connectivity index (χ4n) is 2.13. The molecule has 0 unspecified atom stereocenters. The van der Waals surface area contributed by atoms with E-state index in [-0.39, 0.29) is 0 Å². The molecule has 5 nitrogen and oxygen atoms in total. The highest BCUT2D eigenvalue weighted by atomic mass is 15.2. The lowest BCUT2D eigenvalue weighted by atomic mass is 10.0. The van der Waals surface area contributed by atoms with E-state index in [9.17, 15) is 0 Å². The lowest BCUT2D eigenvalue weighted by Gasteiger charge is -2.26. The van der Waals surface area contributed by atoms with Gasteiger partial charge in [0.2, 0.25) is 5.95 Å². The monoisotopic (exact) mass is 265 g/mol. The summed E-state index contributed by atoms with van der Waals surface area (Å²) in [6.07, 6.45) is 2.38. The van der Waals surface area contributed by atoms with Crippen molar-refractivity contribution in [3.05, 3.63) is 6.07 Å². The van der Waals surface area contributed by atoms with Gasteiger partial charge >= 0.3 is 0 Å². The molecule has 1 heterocycles. The first kappa shape index (κ1) is 15.5. The largest absolute Gasteiger partial charge is 0.370 e. The molecule has 1 rings (SSSR count). The molecule has 0 aromatic carbocycles. The van der Waals surface area contributed by atoms with Gasteiger partial charge in [0, 0.05) is 25.7 Å². The molecule has 0 fully saturated rings. The molecule has 0 amide bonds. The Labute approximate surface area is 116 Å². The number of nitrogens with zero attached hydrogens (tertiary/aromatic N) is 3. The van der Waals surface area contributed by atoms with E-state index in [1.54, 1.807) is 0 Å². The van der Waals surface area contributed by atoms with Crippen LogP contribution in [0.25, 0.3) is 0 Å². The van der Waals surface area contributed by atoms with Crippen LogP contribution in [0.1, 0.15) is 40.5 Å². The minimum Gasteiger partial charge on any atom is -0.370 e. The molecule has 5 heteroatoms. The summed E-state index contributed by atoms with van der Waals surface area (Å²) in [6, 6.07) is 1.98. The molecule has 1 aromatic rings. The topological polar surface area (TPSA) is 67.1 Å². The molecular weight excluding hydrogens is 238 g/mol. The first-order valence-electron chi connectivity index (χ1n) is 7.27. The van der Waals surface area contributed by atoms with Gasteiger partial charge in [0.25, 0.3) is 0 Å². The lowest BCUT2D eigenvalue weighted by molar-refractivity contribution is 0.484. The van der Waals surface area contributed by atoms with Crippen molar-refractivity contribution >= 4 is 17.6 Å². The molecule has 0 saturated heterocycles. The van der Waals surface area contributed by atoms with E-state index in [0.29, 0.717) is 11.9 Å². The molecule has 0 saturated carbocycles. The zero-order chi connectivity index (χ0) is 14.3. The highest BCUT2D eigenvalue weighted by Crippen LogP contribution is 2.20. The molecule has 0 atom stereocenters. The number of hydrogen-bond acceptors (Lipinski definition) is 5. The number of aromatic nitrogens is 2. The number of hydrogen-bond donors (Lipinski definition) is 2. The van der Waals surface area contributed by atoms with Gasteiger partial charge in [-0.05, 0) is 19.8 Å². The summed E-state index contributed by atoms with van der Waals surface area (Å²) in [7, 11) is 0. The highest BCUT2D eigenvalue weighted by molar-refractivity contribution is 5.52. The van der Waals surface area contributed by atoms with Gasteiger partial charge in [0.05, 0.1) is 0 Å². The first-order valence-corrected chi connectivity index (χ1v) is 7.27. The number of nitrogens with one attached hydrogen (secondary N) is 1. The van der Waals surface area contributed by atoms with Crippen LogP contribution in [-0.4, -0.2) is 29.6 Å². The Bertz CT molecular complexity index is 376. The van der Waals surface area contributed by atoms with Gasteiger partial charge in [-0.15, -0.1) is 0 Å². The standard InChI is InChI=1S/C14H27N5/c1-5-11(6-2)10-19(8-4)13-9-12(16-7-3)17-14(15)18-13/h9,11H,5-8,10H2,1-4H3,(H3,15,16,17,18). The van der Waals surface area contributed by atoms with E-state index in [0.717, 1.165) is 31.3 Å². The molecule has 0 spiro atoms. The highest BCUT2D eigenvalue weighted by Gasteiger charge is 2.13. The molecule has 0 radical (unpaired) electrons. The van der Waals surface area contributed by atoms with Crippen molar-refractivity contribution in [3.63, 3.8) is 0 Å². The van der Waals surface area contributed by atoms with E-state index in [1.807, 2.05) is 13.0 Å². The second-order valence-corrected chi connectivity index (χ2v) is 4.72. The van der Waals surface area contributed by atoms with E-state index in [2.05, 4.69) is 41.0 Å². The van der Waals surface area contributed by atoms with Crippen LogP contribution < -0.4 is 16.0 Å². The van der Waals surface area contributed by atoms with Crippen molar-refractivity contribution in [1.82, 2.24) is 9.97 Å². The lowest BCUT2D eigenvalue weighted by Crippen LogP contribution is -2.30. The molecule has 108 valence electrons. The summed E-state index contributed by atoms with van der Waals surface area (Å²) < 4.78 is 0. The average molecular weight is 265 g/mol. The third kappa shape index (κ3) is 4.58. The molecule has 0 aliphatic heterocycles. The van der Waals surface area contributed by atoms with Crippen molar-refractivity contribution in [3.8, 4) is 0 Å². The summed E-state index contributed by atoms with van der Waals surface area (Å²) in [5, 5.41) is 3.19. The Hall–Kier alpha value is -1.52. The zero-order valence-electron chi connectivity index (χ0n) is 12.6. The summed E-state index contributed by atoms with van der Waals surface area (Å²) in [6.45, 7) is 11.4. The van der Waals surface area contributed by atoms with E-state index < -0.39 is 0 Å². The molecule has 0 bridgehead atoms. The smallest absolute Gasteiger partial charge is 0.223 e. The summed E-state index contributed by atoms with van der Waals surface area (Å²) >= 11 is 0. The van der Waals surface area contributed by atoms with E-state index >= 15 is 0 Å². The fraction of sp³-hybridized carbons (Fsp3) is 0.714. The van der Waals surface area contributed by atoms with Gasteiger partial charge in [0.1, 0.15) is 11.6 Å². The van der Waals surface area contributed by atoms with E-state index in [1.165, 1.54) is 12.8 Å². The molecule has 0 aliphatic carbocycles. The predicted octanol–water partition coefficient (Wildman–Crippen LogP) is 2.75. The van der Waals surface area contributed by atoms with Gasteiger partial charge in [-0.3, -0.25) is 0 Å². The molecule has 1 aromatic heterocycles. The Morgan fingerprint density at radius 2 is 1.89 bits per heavy atom. The Kier molecular flexibility index (Phi) is 6.39. The van der Waals surface area contributed by atoms with Crippen LogP contribution in [0.5, 0.6) is 0 Å². The minimum absolute atomic E-state index is 0.330. The van der Waals surface area contributed by atoms with Crippen molar-refractivity contribution in [1.29, 1.82) is 0 Å². The fourth-order valence-corrected chi connectivity index (χ4v) is 2.13. The molecular formula is C14H27N5. The third-order valence-corrected chi connectivity index (χ3v) is 3.43. The third-order valence-electron chi connectivity index (χ3n) is 3.43. The van der Waals surface area contributed by atoms with Crippen LogP contribution in [0.2, 0.25) is 0 Å². The molecule has 19 heavy (non-hydrogen) atoms. The van der Waals surface area contributed by atoms with Crippen molar-refractivity contribution in [2.75, 3.05) is 35.6 Å². The van der Waals surface area contributed by atoms with Gasteiger partial charge < -0.3 is 16.0 Å². The van der Waals surface area contributed by atoms with Crippen molar-refractivity contribution < 1.29 is 0 Å². The first-order chi connectivity index (χ1) is 9.14. The van der Waals surface area contributed by atoms with Crippen LogP contribution in [0.4, 0.5) is 17.6 Å². The van der Waals surface area contributed by atoms with Crippen LogP contribution in [0.3, 0.4) is 0 Å². The van der Waals surface area contributed by atoms with Crippen LogP contribution in [0, 0.1) is 5.92 Å². The number of nitrogens with two attached hydrogens (primary N) is 1. The van der Waals surface area contributed by atoms with Crippen molar-refractivity contribution in [2.24, 2.45) is 5.92 Å². The SMILES string of the molecule is CCNc1cc(N(CC)CC(CC)CC)nc(N)n1. The maximum absolute atomic E-state index is 5.79. The summed E-state index contributed by atoms with van der Waals surface area (Å²) in [4.78, 5) is 10.8. The quantitative estimate of drug-likeness (QED) is 0.756. The average Bonchev–Trinajstić information content (AvgIpc) is 2.40. The zero-order valence-corrected chi connectivity index (χ0v) is 12.6. The predicted molar refractivity (Wildman–Crippen MR) is 82.6 cm³/mol. The van der Waals surface area contributed by atoms with Crippen LogP contribution in [-0.2, 0) is 0 Å². The van der Waals surface area contributed by atoms with Gasteiger partial charge in [-0.2, -0.15) is 9.97 Å². The molecule has 3 N–H and O–H groups in total. The number of nitrogen functional groups attached to an aromatic ring is 1. The maximum atomic E-state index is 5.79. The van der Waals surface area contributed by atoms with Gasteiger partial charge in [-0.25, -0.2) is 0 Å². The van der Waals surface area contributed by atoms with Crippen LogP contribution in [0.15, 0.2) is 6.07 Å². The minimum atomic E-state index is 0.330. The maximum Gasteiger partial charge on any atom is 0.223 e. The second kappa shape index (κ2) is 7.81. The molecule has 0 aliphatic rings. The number of anilines is 3. The van der Waals surface area contributed by atoms with E-state index in [4.69, 9.17) is 5.73 Å². The number of rotatable bonds is 8. The Morgan fingerprint density at radius 1 is 1.21 bits per heavy atom. The second-order valence-electron chi connectivity index (χ2n) is 4.72. The van der Waals surface area contributed by atoms with Crippen LogP contribution >= 0.6 is 0 Å².